The monoisotopic (exact) mass is 168 g/mol. The number of carbonyl (C=O) groups excluding carboxylic acids is 1. The van der Waals surface area contributed by atoms with Gasteiger partial charge in [-0.1, -0.05) is 6.58 Å². The van der Waals surface area contributed by atoms with Gasteiger partial charge in [0.25, 0.3) is 5.89 Å². The molecule has 0 aromatic carbocycles. The van der Waals surface area contributed by atoms with E-state index in [2.05, 4.69) is 21.5 Å². The van der Waals surface area contributed by atoms with Crippen LogP contribution < -0.4 is 0 Å². The number of carbonyl (C=O) groups is 1. The summed E-state index contributed by atoms with van der Waals surface area (Å²) in [5, 5.41) is 7.01. The Kier molecular flexibility index (Phi) is 2.71. The molecule has 5 heteroatoms. The molecule has 0 saturated heterocycles. The Morgan fingerprint density at radius 3 is 3.00 bits per heavy atom. The fraction of sp³-hybridized carbons (Fsp3) is 0.286. The predicted molar refractivity (Wildman–Crippen MR) is 40.6 cm³/mol. The second kappa shape index (κ2) is 3.77. The van der Waals surface area contributed by atoms with Crippen LogP contribution in [0.25, 0.3) is 6.08 Å². The second-order valence-corrected chi connectivity index (χ2v) is 2.01. The van der Waals surface area contributed by atoms with Gasteiger partial charge in [0.2, 0.25) is 11.7 Å². The average Bonchev–Trinajstić information content (AvgIpc) is 2.52. The Morgan fingerprint density at radius 2 is 2.50 bits per heavy atom. The highest BCUT2D eigenvalue weighted by molar-refractivity contribution is 5.92. The van der Waals surface area contributed by atoms with Gasteiger partial charge in [0.1, 0.15) is 6.61 Å². The Balaban J connectivity index is 2.74. The summed E-state index contributed by atoms with van der Waals surface area (Å²) in [6.45, 7) is 3.35. The minimum atomic E-state index is -0.335. The Labute approximate surface area is 69.0 Å². The van der Waals surface area contributed by atoms with Crippen molar-refractivity contribution in [1.29, 1.82) is 0 Å². The molecular formula is C7H8N2O3. The molecule has 0 aliphatic heterocycles. The molecule has 0 fully saturated rings. The third kappa shape index (κ3) is 1.76. The smallest absolute Gasteiger partial charge is 0.286 e. The van der Waals surface area contributed by atoms with Crippen molar-refractivity contribution in [3.8, 4) is 0 Å². The van der Waals surface area contributed by atoms with E-state index < -0.39 is 0 Å². The first kappa shape index (κ1) is 8.61. The van der Waals surface area contributed by atoms with Crippen LogP contribution in [-0.4, -0.2) is 29.7 Å². The molecule has 1 heterocycles. The Bertz CT molecular complexity index is 293. The van der Waals surface area contributed by atoms with E-state index in [1.165, 1.54) is 13.2 Å². The van der Waals surface area contributed by atoms with Gasteiger partial charge in [0.05, 0.1) is 0 Å². The van der Waals surface area contributed by atoms with E-state index in [0.29, 0.717) is 0 Å². The van der Waals surface area contributed by atoms with Crippen LogP contribution in [-0.2, 0) is 4.74 Å². The fourth-order valence-corrected chi connectivity index (χ4v) is 0.623. The predicted octanol–water partition coefficient (Wildman–Crippen LogP) is 0.542. The zero-order chi connectivity index (χ0) is 8.97. The minimum Gasteiger partial charge on any atom is -0.414 e. The van der Waals surface area contributed by atoms with Gasteiger partial charge >= 0.3 is 0 Å². The quantitative estimate of drug-likeness (QED) is 0.614. The molecule has 0 bridgehead atoms. The molecule has 0 saturated carbocycles. The van der Waals surface area contributed by atoms with Gasteiger partial charge in [-0.2, -0.15) is 0 Å². The standard InChI is InChI=1S/C7H8N2O3/c1-3-6-8-9-7(12-6)5(10)4-11-2/h3H,1,4H2,2H3. The summed E-state index contributed by atoms with van der Waals surface area (Å²) in [5.41, 5.74) is 0. The number of hydrogen-bond acceptors (Lipinski definition) is 5. The summed E-state index contributed by atoms with van der Waals surface area (Å²) in [6, 6.07) is 0. The van der Waals surface area contributed by atoms with E-state index in [1.54, 1.807) is 0 Å². The number of ether oxygens (including phenoxy) is 1. The van der Waals surface area contributed by atoms with Crippen molar-refractivity contribution < 1.29 is 13.9 Å². The average molecular weight is 168 g/mol. The van der Waals surface area contributed by atoms with Gasteiger partial charge in [-0.15, -0.1) is 10.2 Å². The van der Waals surface area contributed by atoms with Crippen LogP contribution in [0.3, 0.4) is 0 Å². The fourth-order valence-electron chi connectivity index (χ4n) is 0.623. The van der Waals surface area contributed by atoms with Crippen LogP contribution in [0.5, 0.6) is 0 Å². The largest absolute Gasteiger partial charge is 0.414 e. The molecule has 0 radical (unpaired) electrons. The van der Waals surface area contributed by atoms with Crippen molar-refractivity contribution in [2.75, 3.05) is 13.7 Å². The molecule has 0 N–H and O–H groups in total. The number of rotatable bonds is 4. The van der Waals surface area contributed by atoms with Crippen molar-refractivity contribution in [3.63, 3.8) is 0 Å². The zero-order valence-electron chi connectivity index (χ0n) is 6.61. The normalized spacial score (nSPS) is 9.75. The van der Waals surface area contributed by atoms with Gasteiger partial charge in [-0.25, -0.2) is 0 Å². The highest BCUT2D eigenvalue weighted by Gasteiger charge is 2.12. The van der Waals surface area contributed by atoms with Gasteiger partial charge in [0.15, 0.2) is 0 Å². The maximum atomic E-state index is 11.0. The van der Waals surface area contributed by atoms with Crippen LogP contribution in [0.4, 0.5) is 0 Å². The summed E-state index contributed by atoms with van der Waals surface area (Å²) in [5.74, 6) is -0.153. The molecule has 0 amide bonds. The molecule has 0 unspecified atom stereocenters. The topological polar surface area (TPSA) is 65.2 Å². The highest BCUT2D eigenvalue weighted by atomic mass is 16.5. The lowest BCUT2D eigenvalue weighted by atomic mass is 10.4. The molecule has 5 nitrogen and oxygen atoms in total. The number of nitrogens with zero attached hydrogens (tertiary/aromatic N) is 2. The molecule has 1 aromatic rings. The minimum absolute atomic E-state index is 0.0493. The molecule has 0 spiro atoms. The summed E-state index contributed by atoms with van der Waals surface area (Å²) in [4.78, 5) is 11.0. The molecule has 12 heavy (non-hydrogen) atoms. The lowest BCUT2D eigenvalue weighted by molar-refractivity contribution is 0.0812. The summed E-state index contributed by atoms with van der Waals surface area (Å²) in [6.07, 6.45) is 1.37. The number of ketones is 1. The SMILES string of the molecule is C=Cc1nnc(C(=O)COC)o1. The van der Waals surface area contributed by atoms with E-state index >= 15 is 0 Å². The number of hydrogen-bond donors (Lipinski definition) is 0. The molecule has 0 aliphatic rings. The molecule has 1 rings (SSSR count). The van der Waals surface area contributed by atoms with Crippen LogP contribution >= 0.6 is 0 Å². The number of methoxy groups -OCH3 is 1. The van der Waals surface area contributed by atoms with Crippen molar-refractivity contribution >= 4 is 11.9 Å². The maximum Gasteiger partial charge on any atom is 0.286 e. The molecule has 0 atom stereocenters. The van der Waals surface area contributed by atoms with Crippen molar-refractivity contribution in [2.24, 2.45) is 0 Å². The van der Waals surface area contributed by atoms with Gasteiger partial charge in [-0.05, 0) is 6.08 Å². The van der Waals surface area contributed by atoms with Crippen molar-refractivity contribution in [1.82, 2.24) is 10.2 Å². The highest BCUT2D eigenvalue weighted by Crippen LogP contribution is 2.01. The van der Waals surface area contributed by atoms with Crippen LogP contribution in [0.2, 0.25) is 0 Å². The van der Waals surface area contributed by atoms with E-state index in [9.17, 15) is 4.79 Å². The van der Waals surface area contributed by atoms with Gasteiger partial charge in [0, 0.05) is 7.11 Å². The second-order valence-electron chi connectivity index (χ2n) is 2.01. The lowest BCUT2D eigenvalue weighted by Crippen LogP contribution is -2.07. The molecule has 64 valence electrons. The Hall–Kier alpha value is -1.49. The number of Topliss-reactive ketones (excluding diaryl/α,β-unsaturated/α-hetero) is 1. The first-order chi connectivity index (χ1) is 5.77. The van der Waals surface area contributed by atoms with Crippen LogP contribution in [0, 0.1) is 0 Å². The Morgan fingerprint density at radius 1 is 1.75 bits per heavy atom. The van der Waals surface area contributed by atoms with Crippen molar-refractivity contribution in [3.05, 3.63) is 18.4 Å². The summed E-state index contributed by atoms with van der Waals surface area (Å²) < 4.78 is 9.48. The zero-order valence-corrected chi connectivity index (χ0v) is 6.61. The van der Waals surface area contributed by atoms with Crippen LogP contribution in [0.1, 0.15) is 16.6 Å². The van der Waals surface area contributed by atoms with Crippen molar-refractivity contribution in [2.45, 2.75) is 0 Å². The van der Waals surface area contributed by atoms with E-state index in [4.69, 9.17) is 4.42 Å². The van der Waals surface area contributed by atoms with E-state index in [0.717, 1.165) is 0 Å². The number of aromatic nitrogens is 2. The first-order valence-electron chi connectivity index (χ1n) is 3.26. The van der Waals surface area contributed by atoms with E-state index in [-0.39, 0.29) is 24.2 Å². The lowest BCUT2D eigenvalue weighted by Gasteiger charge is -1.90. The third-order valence-corrected chi connectivity index (χ3v) is 1.13. The summed E-state index contributed by atoms with van der Waals surface area (Å²) in [7, 11) is 1.42. The molecule has 0 aliphatic carbocycles. The van der Waals surface area contributed by atoms with Crippen LogP contribution in [0.15, 0.2) is 11.0 Å². The molecule has 1 aromatic heterocycles. The van der Waals surface area contributed by atoms with E-state index in [1.807, 2.05) is 0 Å². The third-order valence-electron chi connectivity index (χ3n) is 1.13. The maximum absolute atomic E-state index is 11.0. The van der Waals surface area contributed by atoms with Gasteiger partial charge in [-0.3, -0.25) is 4.79 Å². The van der Waals surface area contributed by atoms with Gasteiger partial charge < -0.3 is 9.15 Å². The summed E-state index contributed by atoms with van der Waals surface area (Å²) >= 11 is 0. The molecular weight excluding hydrogens is 160 g/mol. The first-order valence-corrected chi connectivity index (χ1v) is 3.26.